The topological polar surface area (TPSA) is 73.0 Å². The second-order valence-electron chi connectivity index (χ2n) is 11.3. The third-order valence-corrected chi connectivity index (χ3v) is 7.74. The van der Waals surface area contributed by atoms with Gasteiger partial charge in [0.15, 0.2) is 0 Å². The Morgan fingerprint density at radius 2 is 1.95 bits per heavy atom. The van der Waals surface area contributed by atoms with Gasteiger partial charge in [-0.05, 0) is 89.3 Å². The Balaban J connectivity index is 1.41. The molecule has 9 heteroatoms. The molecule has 8 nitrogen and oxygen atoms in total. The zero-order valence-corrected chi connectivity index (χ0v) is 22.9. The number of likely N-dealkylation sites (tertiary alicyclic amines) is 1. The number of benzene rings is 1. The van der Waals surface area contributed by atoms with Crippen molar-refractivity contribution in [2.45, 2.75) is 77.4 Å². The summed E-state index contributed by atoms with van der Waals surface area (Å²) in [5.41, 5.74) is 2.55. The van der Waals surface area contributed by atoms with E-state index in [9.17, 15) is 4.79 Å². The van der Waals surface area contributed by atoms with Crippen LogP contribution in [0, 0.1) is 12.5 Å². The van der Waals surface area contributed by atoms with Gasteiger partial charge >= 0.3 is 6.09 Å². The molecule has 1 saturated carbocycles. The SMILES string of the molecule is [C-]#[N+]c1c(-c2cc(Cl)c(C3CC3)c(OCC)c2)nn2c1NCCC2C1CCN(C(=O)OC(C)(C)C)CC1. The maximum atomic E-state index is 12.5. The lowest BCUT2D eigenvalue weighted by Crippen LogP contribution is -2.43. The van der Waals surface area contributed by atoms with Crippen molar-refractivity contribution in [3.63, 3.8) is 0 Å². The van der Waals surface area contributed by atoms with Crippen LogP contribution in [0.25, 0.3) is 16.1 Å². The summed E-state index contributed by atoms with van der Waals surface area (Å²) in [5, 5.41) is 9.12. The number of nitrogens with zero attached hydrogens (tertiary/aromatic N) is 4. The van der Waals surface area contributed by atoms with Gasteiger partial charge in [0.2, 0.25) is 0 Å². The fourth-order valence-corrected chi connectivity index (χ4v) is 5.96. The van der Waals surface area contributed by atoms with Crippen molar-refractivity contribution >= 4 is 29.2 Å². The molecule has 1 atom stereocenters. The van der Waals surface area contributed by atoms with Gasteiger partial charge in [-0.1, -0.05) is 11.6 Å². The molecule has 3 aliphatic rings. The van der Waals surface area contributed by atoms with E-state index in [0.29, 0.717) is 47.9 Å². The van der Waals surface area contributed by atoms with E-state index in [1.54, 1.807) is 0 Å². The number of rotatable bonds is 5. The maximum Gasteiger partial charge on any atom is 0.410 e. The Kier molecular flexibility index (Phi) is 7.01. The molecule has 2 aliphatic heterocycles. The predicted octanol–water partition coefficient (Wildman–Crippen LogP) is 7.03. The average Bonchev–Trinajstić information content (AvgIpc) is 3.61. The van der Waals surface area contributed by atoms with E-state index in [0.717, 1.165) is 61.3 Å². The van der Waals surface area contributed by atoms with E-state index in [-0.39, 0.29) is 12.1 Å². The van der Waals surface area contributed by atoms with Crippen LogP contribution in [0.15, 0.2) is 12.1 Å². The van der Waals surface area contributed by atoms with Crippen molar-refractivity contribution in [2.24, 2.45) is 5.92 Å². The summed E-state index contributed by atoms with van der Waals surface area (Å²) in [6.45, 7) is 18.3. The molecule has 198 valence electrons. The second kappa shape index (κ2) is 10.1. The van der Waals surface area contributed by atoms with Crippen molar-refractivity contribution in [3.05, 3.63) is 34.1 Å². The summed E-state index contributed by atoms with van der Waals surface area (Å²) >= 11 is 6.76. The number of piperidine rings is 1. The van der Waals surface area contributed by atoms with Gasteiger partial charge in [-0.3, -0.25) is 4.68 Å². The smallest absolute Gasteiger partial charge is 0.410 e. The minimum atomic E-state index is -0.499. The quantitative estimate of drug-likeness (QED) is 0.424. The number of nitrogens with one attached hydrogen (secondary N) is 1. The molecule has 0 spiro atoms. The lowest BCUT2D eigenvalue weighted by Gasteiger charge is -2.38. The molecule has 1 amide bonds. The number of anilines is 1. The number of aromatic nitrogens is 2. The molecule has 1 aromatic heterocycles. The normalized spacial score (nSPS) is 20.1. The summed E-state index contributed by atoms with van der Waals surface area (Å²) in [4.78, 5) is 18.2. The first-order valence-electron chi connectivity index (χ1n) is 13.4. The molecule has 37 heavy (non-hydrogen) atoms. The zero-order chi connectivity index (χ0) is 26.3. The molecular formula is C28H36ClN5O3. The number of carbonyl (C=O) groups is 1. The Morgan fingerprint density at radius 1 is 1.22 bits per heavy atom. The first kappa shape index (κ1) is 25.7. The molecule has 2 fully saturated rings. The van der Waals surface area contributed by atoms with Crippen molar-refractivity contribution < 1.29 is 14.3 Å². The molecule has 1 N–H and O–H groups in total. The number of carbonyl (C=O) groups excluding carboxylic acids is 1. The third kappa shape index (κ3) is 5.24. The van der Waals surface area contributed by atoms with Crippen molar-refractivity contribution in [3.8, 4) is 17.0 Å². The number of hydrogen-bond donors (Lipinski definition) is 1. The standard InChI is InChI=1S/C28H36ClN5O3/c1-6-36-22-16-19(15-20(29)23(22)18-7-8-18)24-25(30-5)26-31-12-9-21(34(26)32-24)17-10-13-33(14-11-17)27(35)37-28(2,3)4/h15-18,21,31H,6-14H2,1-4H3. The van der Waals surface area contributed by atoms with Crippen LogP contribution in [-0.4, -0.2) is 52.6 Å². The van der Waals surface area contributed by atoms with E-state index < -0.39 is 5.60 Å². The van der Waals surface area contributed by atoms with E-state index in [4.69, 9.17) is 32.7 Å². The van der Waals surface area contributed by atoms with Gasteiger partial charge in [0.05, 0.1) is 19.2 Å². The molecule has 1 unspecified atom stereocenters. The van der Waals surface area contributed by atoms with Gasteiger partial charge in [-0.2, -0.15) is 5.10 Å². The second-order valence-corrected chi connectivity index (χ2v) is 11.7. The van der Waals surface area contributed by atoms with E-state index >= 15 is 0 Å². The number of hydrogen-bond acceptors (Lipinski definition) is 5. The Bertz CT molecular complexity index is 1220. The molecule has 1 aromatic carbocycles. The fraction of sp³-hybridized carbons (Fsp3) is 0.607. The molecule has 0 bridgehead atoms. The van der Waals surface area contributed by atoms with Gasteiger partial charge in [0.1, 0.15) is 22.9 Å². The summed E-state index contributed by atoms with van der Waals surface area (Å²) in [6, 6.07) is 4.11. The first-order valence-corrected chi connectivity index (χ1v) is 13.8. The maximum absolute atomic E-state index is 12.5. The largest absolute Gasteiger partial charge is 0.494 e. The number of halogens is 1. The van der Waals surface area contributed by atoms with Crippen LogP contribution in [0.5, 0.6) is 5.75 Å². The number of amides is 1. The lowest BCUT2D eigenvalue weighted by molar-refractivity contribution is 0.0157. The summed E-state index contributed by atoms with van der Waals surface area (Å²) in [6.07, 6.45) is 4.69. The Hall–Kier alpha value is -2.92. The van der Waals surface area contributed by atoms with E-state index in [2.05, 4.69) is 10.2 Å². The number of fused-ring (bicyclic) bond motifs is 1. The van der Waals surface area contributed by atoms with E-state index in [1.165, 1.54) is 0 Å². The van der Waals surface area contributed by atoms with Crippen molar-refractivity contribution in [1.29, 1.82) is 0 Å². The number of ether oxygens (including phenoxy) is 2. The highest BCUT2D eigenvalue weighted by atomic mass is 35.5. The molecule has 5 rings (SSSR count). The van der Waals surface area contributed by atoms with Crippen LogP contribution in [0.1, 0.15) is 77.3 Å². The molecule has 0 radical (unpaired) electrons. The van der Waals surface area contributed by atoms with Gasteiger partial charge in [0.25, 0.3) is 5.69 Å². The fourth-order valence-electron chi connectivity index (χ4n) is 5.59. The highest BCUT2D eigenvalue weighted by Gasteiger charge is 2.36. The molecule has 3 heterocycles. The van der Waals surface area contributed by atoms with Crippen molar-refractivity contribution in [1.82, 2.24) is 14.7 Å². The third-order valence-electron chi connectivity index (χ3n) is 7.43. The van der Waals surface area contributed by atoms with Gasteiger partial charge < -0.3 is 19.7 Å². The van der Waals surface area contributed by atoms with Crippen LogP contribution < -0.4 is 10.1 Å². The van der Waals surface area contributed by atoms with E-state index in [1.807, 2.05) is 49.4 Å². The van der Waals surface area contributed by atoms with Crippen LogP contribution in [0.4, 0.5) is 16.3 Å². The average molecular weight is 526 g/mol. The van der Waals surface area contributed by atoms with Crippen LogP contribution >= 0.6 is 11.6 Å². The predicted molar refractivity (Wildman–Crippen MR) is 145 cm³/mol. The van der Waals surface area contributed by atoms with Gasteiger partial charge in [0, 0.05) is 30.2 Å². The van der Waals surface area contributed by atoms with Crippen LogP contribution in [0.3, 0.4) is 0 Å². The monoisotopic (exact) mass is 525 g/mol. The van der Waals surface area contributed by atoms with Gasteiger partial charge in [-0.15, -0.1) is 0 Å². The van der Waals surface area contributed by atoms with Gasteiger partial charge in [-0.25, -0.2) is 9.64 Å². The summed E-state index contributed by atoms with van der Waals surface area (Å²) < 4.78 is 13.6. The molecule has 1 saturated heterocycles. The first-order chi connectivity index (χ1) is 17.7. The van der Waals surface area contributed by atoms with Crippen LogP contribution in [-0.2, 0) is 4.74 Å². The van der Waals surface area contributed by atoms with Crippen LogP contribution in [0.2, 0.25) is 5.02 Å². The minimum absolute atomic E-state index is 0.166. The minimum Gasteiger partial charge on any atom is -0.494 e. The molecular weight excluding hydrogens is 490 g/mol. The summed E-state index contributed by atoms with van der Waals surface area (Å²) in [7, 11) is 0. The van der Waals surface area contributed by atoms with Crippen molar-refractivity contribution in [2.75, 3.05) is 31.6 Å². The molecule has 1 aliphatic carbocycles. The highest BCUT2D eigenvalue weighted by Crippen LogP contribution is 2.50. The molecule has 2 aromatic rings. The highest BCUT2D eigenvalue weighted by molar-refractivity contribution is 6.32. The Morgan fingerprint density at radius 3 is 2.57 bits per heavy atom. The lowest BCUT2D eigenvalue weighted by atomic mass is 9.87. The Labute approximate surface area is 224 Å². The zero-order valence-electron chi connectivity index (χ0n) is 22.1. The summed E-state index contributed by atoms with van der Waals surface area (Å²) in [5.74, 6) is 2.39.